The molecule has 0 fully saturated rings. The van der Waals surface area contributed by atoms with Gasteiger partial charge < -0.3 is 15.3 Å². The van der Waals surface area contributed by atoms with Gasteiger partial charge in [0.05, 0.1) is 12.2 Å². The molecule has 0 unspecified atom stereocenters. The van der Waals surface area contributed by atoms with Crippen LogP contribution in [0.2, 0.25) is 0 Å². The van der Waals surface area contributed by atoms with Gasteiger partial charge in [-0.15, -0.1) is 0 Å². The van der Waals surface area contributed by atoms with Crippen LogP contribution < -0.4 is 0 Å². The van der Waals surface area contributed by atoms with Gasteiger partial charge in [0, 0.05) is 6.61 Å². The van der Waals surface area contributed by atoms with Crippen LogP contribution in [0, 0.1) is 0 Å². The minimum atomic E-state index is -0.554. The third-order valence-corrected chi connectivity index (χ3v) is 1.63. The Hall–Kier alpha value is -0.120. The topological polar surface area (TPSA) is 60.7 Å². The minimum Gasteiger partial charge on any atom is -0.396 e. The van der Waals surface area contributed by atoms with Crippen molar-refractivity contribution in [3.05, 3.63) is 0 Å². The molecule has 0 aromatic rings. The van der Waals surface area contributed by atoms with Crippen LogP contribution in [0.25, 0.3) is 0 Å². The summed E-state index contributed by atoms with van der Waals surface area (Å²) in [5.74, 6) is 0. The molecule has 0 heterocycles. The van der Waals surface area contributed by atoms with Gasteiger partial charge in [-0.1, -0.05) is 13.3 Å². The van der Waals surface area contributed by atoms with Crippen LogP contribution in [0.3, 0.4) is 0 Å². The summed E-state index contributed by atoms with van der Waals surface area (Å²) in [4.78, 5) is 0. The van der Waals surface area contributed by atoms with Crippen molar-refractivity contribution in [3.63, 3.8) is 0 Å². The lowest BCUT2D eigenvalue weighted by Gasteiger charge is -2.13. The summed E-state index contributed by atoms with van der Waals surface area (Å²) in [5, 5.41) is 26.8. The second kappa shape index (κ2) is 6.58. The van der Waals surface area contributed by atoms with Crippen molar-refractivity contribution in [2.75, 3.05) is 6.61 Å². The van der Waals surface area contributed by atoms with E-state index in [1.807, 2.05) is 6.92 Å². The average Bonchev–Trinajstić information content (AvgIpc) is 1.87. The Bertz CT molecular complexity index is 75.4. The normalized spacial score (nSPS) is 16.4. The van der Waals surface area contributed by atoms with Crippen molar-refractivity contribution in [2.45, 2.75) is 44.8 Å². The molecule has 2 atom stereocenters. The van der Waals surface area contributed by atoms with Crippen LogP contribution in [0.15, 0.2) is 0 Å². The van der Waals surface area contributed by atoms with Crippen molar-refractivity contribution in [3.8, 4) is 0 Å². The highest BCUT2D eigenvalue weighted by Crippen LogP contribution is 2.06. The van der Waals surface area contributed by atoms with Crippen molar-refractivity contribution >= 4 is 0 Å². The van der Waals surface area contributed by atoms with Crippen LogP contribution in [-0.4, -0.2) is 34.1 Å². The first-order valence-electron chi connectivity index (χ1n) is 4.17. The van der Waals surface area contributed by atoms with Crippen molar-refractivity contribution < 1.29 is 15.3 Å². The van der Waals surface area contributed by atoms with E-state index in [0.29, 0.717) is 12.8 Å². The van der Waals surface area contributed by atoms with Crippen LogP contribution in [0.4, 0.5) is 0 Å². The fourth-order valence-electron chi connectivity index (χ4n) is 1.03. The van der Waals surface area contributed by atoms with Crippen LogP contribution in [0.1, 0.15) is 32.6 Å². The number of aliphatic hydroxyl groups is 3. The maximum atomic E-state index is 9.20. The van der Waals surface area contributed by atoms with Gasteiger partial charge in [0.2, 0.25) is 0 Å². The van der Waals surface area contributed by atoms with Crippen LogP contribution in [0.5, 0.6) is 0 Å². The molecule has 0 amide bonds. The molecule has 0 spiro atoms. The molecule has 0 aliphatic rings. The summed E-state index contributed by atoms with van der Waals surface area (Å²) in [6.07, 6.45) is 1.42. The molecule has 3 nitrogen and oxygen atoms in total. The van der Waals surface area contributed by atoms with Crippen molar-refractivity contribution in [2.24, 2.45) is 0 Å². The molecule has 0 saturated heterocycles. The van der Waals surface area contributed by atoms with E-state index in [9.17, 15) is 5.11 Å². The first-order valence-corrected chi connectivity index (χ1v) is 4.17. The van der Waals surface area contributed by atoms with E-state index in [1.54, 1.807) is 0 Å². The zero-order chi connectivity index (χ0) is 8.69. The lowest BCUT2D eigenvalue weighted by atomic mass is 10.1. The first kappa shape index (κ1) is 10.9. The minimum absolute atomic E-state index is 0.0139. The van der Waals surface area contributed by atoms with E-state index in [-0.39, 0.29) is 6.61 Å². The summed E-state index contributed by atoms with van der Waals surface area (Å²) >= 11 is 0. The molecule has 3 N–H and O–H groups in total. The molecule has 3 heteroatoms. The highest BCUT2D eigenvalue weighted by molar-refractivity contribution is 4.62. The molecule has 11 heavy (non-hydrogen) atoms. The number of aliphatic hydroxyl groups excluding tert-OH is 3. The van der Waals surface area contributed by atoms with Gasteiger partial charge >= 0.3 is 0 Å². The van der Waals surface area contributed by atoms with E-state index in [1.165, 1.54) is 0 Å². The first-order chi connectivity index (χ1) is 5.20. The zero-order valence-electron chi connectivity index (χ0n) is 7.03. The fourth-order valence-corrected chi connectivity index (χ4v) is 1.03. The van der Waals surface area contributed by atoms with Crippen LogP contribution >= 0.6 is 0 Å². The van der Waals surface area contributed by atoms with E-state index in [0.717, 1.165) is 12.8 Å². The van der Waals surface area contributed by atoms with E-state index in [2.05, 4.69) is 0 Å². The van der Waals surface area contributed by atoms with Gasteiger partial charge in [0.25, 0.3) is 0 Å². The maximum Gasteiger partial charge on any atom is 0.0586 e. The Kier molecular flexibility index (Phi) is 6.51. The smallest absolute Gasteiger partial charge is 0.0586 e. The Morgan fingerprint density at radius 1 is 1.09 bits per heavy atom. The Morgan fingerprint density at radius 2 is 1.64 bits per heavy atom. The number of rotatable bonds is 6. The predicted molar refractivity (Wildman–Crippen MR) is 43.2 cm³/mol. The quantitative estimate of drug-likeness (QED) is 0.525. The fraction of sp³-hybridized carbons (Fsp3) is 1.00. The van der Waals surface area contributed by atoms with Gasteiger partial charge in [-0.3, -0.25) is 0 Å². The van der Waals surface area contributed by atoms with E-state index in [4.69, 9.17) is 10.2 Å². The summed E-state index contributed by atoms with van der Waals surface area (Å²) in [7, 11) is 0. The number of hydrogen-bond acceptors (Lipinski definition) is 3. The molecule has 0 rings (SSSR count). The van der Waals surface area contributed by atoms with Crippen molar-refractivity contribution in [1.82, 2.24) is 0 Å². The summed E-state index contributed by atoms with van der Waals surface area (Å²) in [6, 6.07) is 0. The molecule has 0 saturated carbocycles. The molecule has 68 valence electrons. The largest absolute Gasteiger partial charge is 0.396 e. The Morgan fingerprint density at radius 3 is 2.09 bits per heavy atom. The second-order valence-electron chi connectivity index (χ2n) is 2.84. The maximum absolute atomic E-state index is 9.20. The number of hydrogen-bond donors (Lipinski definition) is 3. The third kappa shape index (κ3) is 6.28. The molecule has 0 aromatic heterocycles. The van der Waals surface area contributed by atoms with E-state index >= 15 is 0 Å². The SMILES string of the molecule is CCC[C@H](O)C[C@H](O)CCO. The standard InChI is InChI=1S/C8H18O3/c1-2-3-7(10)6-8(11)4-5-9/h7-11H,2-6H2,1H3/t7-,8+/m0/s1. The third-order valence-electron chi connectivity index (χ3n) is 1.63. The Labute approximate surface area is 67.7 Å². The summed E-state index contributed by atoms with van der Waals surface area (Å²) < 4.78 is 0. The zero-order valence-corrected chi connectivity index (χ0v) is 7.03. The average molecular weight is 162 g/mol. The summed E-state index contributed by atoms with van der Waals surface area (Å²) in [6.45, 7) is 1.97. The van der Waals surface area contributed by atoms with Gasteiger partial charge in [-0.2, -0.15) is 0 Å². The molecule has 0 aromatic carbocycles. The molecule has 0 bridgehead atoms. The van der Waals surface area contributed by atoms with Gasteiger partial charge in [0.15, 0.2) is 0 Å². The monoisotopic (exact) mass is 162 g/mol. The second-order valence-corrected chi connectivity index (χ2v) is 2.84. The van der Waals surface area contributed by atoms with E-state index < -0.39 is 12.2 Å². The lowest BCUT2D eigenvalue weighted by Crippen LogP contribution is -2.18. The van der Waals surface area contributed by atoms with Crippen LogP contribution in [-0.2, 0) is 0 Å². The molecular weight excluding hydrogens is 144 g/mol. The molecular formula is C8H18O3. The highest BCUT2D eigenvalue weighted by Gasteiger charge is 2.09. The molecule has 0 aliphatic heterocycles. The Balaban J connectivity index is 3.32. The van der Waals surface area contributed by atoms with Crippen molar-refractivity contribution in [1.29, 1.82) is 0 Å². The van der Waals surface area contributed by atoms with Gasteiger partial charge in [-0.05, 0) is 19.3 Å². The predicted octanol–water partition coefficient (Wildman–Crippen LogP) is 0.281. The van der Waals surface area contributed by atoms with Gasteiger partial charge in [-0.25, -0.2) is 0 Å². The molecule has 0 aliphatic carbocycles. The summed E-state index contributed by atoms with van der Waals surface area (Å²) in [5.41, 5.74) is 0. The molecule has 0 radical (unpaired) electrons. The highest BCUT2D eigenvalue weighted by atomic mass is 16.3. The lowest BCUT2D eigenvalue weighted by molar-refractivity contribution is 0.0601. The van der Waals surface area contributed by atoms with Gasteiger partial charge in [0.1, 0.15) is 0 Å².